The molecule has 0 spiro atoms. The SMILES string of the molecule is COCCOCCNCC1(CCOC)CC1. The van der Waals surface area contributed by atoms with Crippen molar-refractivity contribution in [3.05, 3.63) is 0 Å². The Balaban J connectivity index is 1.87. The Labute approximate surface area is 98.6 Å². The molecule has 0 aliphatic heterocycles. The fourth-order valence-electron chi connectivity index (χ4n) is 1.75. The standard InChI is InChI=1S/C12H25NO3/c1-14-7-5-12(3-4-12)11-13-6-8-16-10-9-15-2/h13H,3-11H2,1-2H3. The van der Waals surface area contributed by atoms with Crippen LogP contribution in [0.5, 0.6) is 0 Å². The van der Waals surface area contributed by atoms with Gasteiger partial charge in [0.25, 0.3) is 0 Å². The average Bonchev–Trinajstić information content (AvgIpc) is 3.06. The van der Waals surface area contributed by atoms with Gasteiger partial charge in [-0.25, -0.2) is 0 Å². The summed E-state index contributed by atoms with van der Waals surface area (Å²) in [5.41, 5.74) is 0.530. The summed E-state index contributed by atoms with van der Waals surface area (Å²) in [7, 11) is 3.46. The summed E-state index contributed by atoms with van der Waals surface area (Å²) in [6, 6.07) is 0. The van der Waals surface area contributed by atoms with E-state index in [2.05, 4.69) is 5.32 Å². The van der Waals surface area contributed by atoms with E-state index in [0.29, 0.717) is 18.6 Å². The van der Waals surface area contributed by atoms with Crippen LogP contribution in [0.25, 0.3) is 0 Å². The Morgan fingerprint density at radius 3 is 2.38 bits per heavy atom. The Kier molecular flexibility index (Phi) is 6.96. The second kappa shape index (κ2) is 8.01. The molecule has 96 valence electrons. The van der Waals surface area contributed by atoms with Crippen LogP contribution in [0.15, 0.2) is 0 Å². The Morgan fingerprint density at radius 1 is 1.00 bits per heavy atom. The molecule has 0 heterocycles. The van der Waals surface area contributed by atoms with Gasteiger partial charge in [-0.1, -0.05) is 0 Å². The summed E-state index contributed by atoms with van der Waals surface area (Å²) in [5, 5.41) is 3.45. The lowest BCUT2D eigenvalue weighted by molar-refractivity contribution is 0.0713. The van der Waals surface area contributed by atoms with Gasteiger partial charge in [0.2, 0.25) is 0 Å². The molecule has 0 aromatic carbocycles. The van der Waals surface area contributed by atoms with Gasteiger partial charge < -0.3 is 19.5 Å². The average molecular weight is 231 g/mol. The number of methoxy groups -OCH3 is 2. The van der Waals surface area contributed by atoms with Crippen molar-refractivity contribution >= 4 is 0 Å². The molecule has 0 bridgehead atoms. The van der Waals surface area contributed by atoms with Gasteiger partial charge in [0.1, 0.15) is 0 Å². The molecular weight excluding hydrogens is 206 g/mol. The van der Waals surface area contributed by atoms with E-state index >= 15 is 0 Å². The molecule has 0 unspecified atom stereocenters. The van der Waals surface area contributed by atoms with Gasteiger partial charge in [-0.15, -0.1) is 0 Å². The number of ether oxygens (including phenoxy) is 3. The highest BCUT2D eigenvalue weighted by molar-refractivity contribution is 4.94. The van der Waals surface area contributed by atoms with Crippen LogP contribution in [-0.2, 0) is 14.2 Å². The third-order valence-electron chi connectivity index (χ3n) is 3.15. The van der Waals surface area contributed by atoms with Crippen molar-refractivity contribution in [1.82, 2.24) is 5.32 Å². The van der Waals surface area contributed by atoms with E-state index < -0.39 is 0 Å². The topological polar surface area (TPSA) is 39.7 Å². The molecule has 4 nitrogen and oxygen atoms in total. The lowest BCUT2D eigenvalue weighted by Gasteiger charge is -2.15. The highest BCUT2D eigenvalue weighted by Gasteiger charge is 2.41. The minimum absolute atomic E-state index is 0.530. The third kappa shape index (κ3) is 5.80. The molecule has 1 fully saturated rings. The summed E-state index contributed by atoms with van der Waals surface area (Å²) in [5.74, 6) is 0. The summed E-state index contributed by atoms with van der Waals surface area (Å²) in [6.07, 6.45) is 3.86. The Hall–Kier alpha value is -0.160. The molecule has 0 saturated heterocycles. The second-order valence-electron chi connectivity index (χ2n) is 4.52. The molecule has 1 N–H and O–H groups in total. The highest BCUT2D eigenvalue weighted by Crippen LogP contribution is 2.48. The first-order chi connectivity index (χ1) is 7.83. The number of rotatable bonds is 11. The van der Waals surface area contributed by atoms with Gasteiger partial charge in [0, 0.05) is 33.9 Å². The molecule has 4 heteroatoms. The molecule has 16 heavy (non-hydrogen) atoms. The first-order valence-electron chi connectivity index (χ1n) is 6.09. The van der Waals surface area contributed by atoms with E-state index in [1.807, 2.05) is 0 Å². The van der Waals surface area contributed by atoms with Crippen molar-refractivity contribution in [2.45, 2.75) is 19.3 Å². The third-order valence-corrected chi connectivity index (χ3v) is 3.15. The molecule has 0 amide bonds. The van der Waals surface area contributed by atoms with Crippen LogP contribution in [0.1, 0.15) is 19.3 Å². The molecule has 1 aliphatic carbocycles. The maximum atomic E-state index is 5.38. The van der Waals surface area contributed by atoms with Crippen LogP contribution >= 0.6 is 0 Å². The van der Waals surface area contributed by atoms with Crippen molar-refractivity contribution in [2.24, 2.45) is 5.41 Å². The fourth-order valence-corrected chi connectivity index (χ4v) is 1.75. The van der Waals surface area contributed by atoms with Gasteiger partial charge in [0.15, 0.2) is 0 Å². The van der Waals surface area contributed by atoms with Crippen molar-refractivity contribution in [1.29, 1.82) is 0 Å². The van der Waals surface area contributed by atoms with E-state index in [9.17, 15) is 0 Å². The first kappa shape index (κ1) is 13.9. The van der Waals surface area contributed by atoms with Gasteiger partial charge in [-0.05, 0) is 24.7 Å². The van der Waals surface area contributed by atoms with Crippen LogP contribution in [-0.4, -0.2) is 53.7 Å². The smallest absolute Gasteiger partial charge is 0.0700 e. The minimum atomic E-state index is 0.530. The highest BCUT2D eigenvalue weighted by atomic mass is 16.5. The summed E-state index contributed by atoms with van der Waals surface area (Å²) >= 11 is 0. The van der Waals surface area contributed by atoms with Crippen LogP contribution < -0.4 is 5.32 Å². The van der Waals surface area contributed by atoms with Crippen LogP contribution in [0.4, 0.5) is 0 Å². The Morgan fingerprint density at radius 2 is 1.75 bits per heavy atom. The first-order valence-corrected chi connectivity index (χ1v) is 6.09. The van der Waals surface area contributed by atoms with Crippen LogP contribution in [0.2, 0.25) is 0 Å². The van der Waals surface area contributed by atoms with E-state index in [-0.39, 0.29) is 0 Å². The van der Waals surface area contributed by atoms with Gasteiger partial charge in [0.05, 0.1) is 19.8 Å². The largest absolute Gasteiger partial charge is 0.385 e. The molecule has 1 aliphatic rings. The summed E-state index contributed by atoms with van der Waals surface area (Å²) in [6.45, 7) is 5.04. The predicted octanol–water partition coefficient (Wildman–Crippen LogP) is 1.06. The molecule has 1 rings (SSSR count). The van der Waals surface area contributed by atoms with Crippen molar-refractivity contribution < 1.29 is 14.2 Å². The molecule has 0 aromatic heterocycles. The lowest BCUT2D eigenvalue weighted by atomic mass is 10.0. The molecule has 0 atom stereocenters. The maximum Gasteiger partial charge on any atom is 0.0700 e. The monoisotopic (exact) mass is 231 g/mol. The summed E-state index contributed by atoms with van der Waals surface area (Å²) in [4.78, 5) is 0. The molecule has 0 radical (unpaired) electrons. The molecule has 0 aromatic rings. The van der Waals surface area contributed by atoms with Crippen molar-refractivity contribution in [3.8, 4) is 0 Å². The zero-order chi connectivity index (χ0) is 11.7. The zero-order valence-corrected chi connectivity index (χ0v) is 10.6. The van der Waals surface area contributed by atoms with Crippen molar-refractivity contribution in [3.63, 3.8) is 0 Å². The van der Waals surface area contributed by atoms with E-state index in [0.717, 1.165) is 26.3 Å². The van der Waals surface area contributed by atoms with Gasteiger partial charge >= 0.3 is 0 Å². The van der Waals surface area contributed by atoms with Gasteiger partial charge in [-0.3, -0.25) is 0 Å². The predicted molar refractivity (Wildman–Crippen MR) is 63.7 cm³/mol. The minimum Gasteiger partial charge on any atom is -0.385 e. The van der Waals surface area contributed by atoms with E-state index in [1.54, 1.807) is 14.2 Å². The number of hydrogen-bond acceptors (Lipinski definition) is 4. The summed E-state index contributed by atoms with van der Waals surface area (Å²) < 4.78 is 15.4. The van der Waals surface area contributed by atoms with Gasteiger partial charge in [-0.2, -0.15) is 0 Å². The number of hydrogen-bond donors (Lipinski definition) is 1. The Bertz CT molecular complexity index is 172. The van der Waals surface area contributed by atoms with Crippen molar-refractivity contribution in [2.75, 3.05) is 53.7 Å². The van der Waals surface area contributed by atoms with Crippen LogP contribution in [0, 0.1) is 5.41 Å². The zero-order valence-electron chi connectivity index (χ0n) is 10.6. The van der Waals surface area contributed by atoms with Crippen LogP contribution in [0.3, 0.4) is 0 Å². The van der Waals surface area contributed by atoms with E-state index in [1.165, 1.54) is 19.3 Å². The fraction of sp³-hybridized carbons (Fsp3) is 1.00. The van der Waals surface area contributed by atoms with E-state index in [4.69, 9.17) is 14.2 Å². The normalized spacial score (nSPS) is 17.6. The maximum absolute atomic E-state index is 5.38. The molecular formula is C12H25NO3. The quantitative estimate of drug-likeness (QED) is 0.540. The number of nitrogens with one attached hydrogen (secondary N) is 1. The second-order valence-corrected chi connectivity index (χ2v) is 4.52. The lowest BCUT2D eigenvalue weighted by Crippen LogP contribution is -2.28. The molecule has 1 saturated carbocycles.